The van der Waals surface area contributed by atoms with Gasteiger partial charge in [0.25, 0.3) is 0 Å². The van der Waals surface area contributed by atoms with E-state index in [2.05, 4.69) is 4.74 Å². The lowest BCUT2D eigenvalue weighted by atomic mass is 10.2. The van der Waals surface area contributed by atoms with Crippen LogP contribution in [0, 0.1) is 0 Å². The summed E-state index contributed by atoms with van der Waals surface area (Å²) in [6.45, 7) is 2.36. The van der Waals surface area contributed by atoms with Crippen molar-refractivity contribution in [2.24, 2.45) is 0 Å². The van der Waals surface area contributed by atoms with Gasteiger partial charge in [0.2, 0.25) is 0 Å². The molecule has 0 saturated heterocycles. The fraction of sp³-hybridized carbons (Fsp3) is 0.625. The highest BCUT2D eigenvalue weighted by Gasteiger charge is 2.04. The molecule has 0 aromatic rings. The lowest BCUT2D eigenvalue weighted by Crippen LogP contribution is -2.04. The minimum absolute atomic E-state index is 0.274. The van der Waals surface area contributed by atoms with Gasteiger partial charge in [-0.05, 0) is 12.5 Å². The van der Waals surface area contributed by atoms with E-state index in [0.29, 0.717) is 18.6 Å². The molecule has 0 bridgehead atoms. The van der Waals surface area contributed by atoms with Crippen LogP contribution in [-0.4, -0.2) is 26.8 Å². The summed E-state index contributed by atoms with van der Waals surface area (Å²) in [5.74, 6) is -0.274. The molecule has 0 atom stereocenters. The second-order valence-electron chi connectivity index (χ2n) is 2.03. The minimum atomic E-state index is -0.274. The summed E-state index contributed by atoms with van der Waals surface area (Å²) in [4.78, 5) is 10.9. The van der Waals surface area contributed by atoms with Crippen molar-refractivity contribution in [3.8, 4) is 0 Å². The van der Waals surface area contributed by atoms with Gasteiger partial charge in [-0.1, -0.05) is 6.92 Å². The number of hydrogen-bond acceptors (Lipinski definition) is 3. The molecule has 0 heterocycles. The van der Waals surface area contributed by atoms with E-state index in [1.54, 1.807) is 13.2 Å². The Morgan fingerprint density at radius 1 is 1.45 bits per heavy atom. The molecule has 3 nitrogen and oxygen atoms in total. The molecular weight excluding hydrogens is 144 g/mol. The van der Waals surface area contributed by atoms with Gasteiger partial charge in [0.15, 0.2) is 0 Å². The molecule has 0 unspecified atom stereocenters. The Kier molecular flexibility index (Phi) is 5.47. The minimum Gasteiger partial charge on any atom is -0.466 e. The van der Waals surface area contributed by atoms with Crippen LogP contribution in [0.15, 0.2) is 11.6 Å². The SMILES string of the molecule is CCC(=CCOC)C(=O)OC. The molecule has 0 amide bonds. The van der Waals surface area contributed by atoms with Gasteiger partial charge in [-0.15, -0.1) is 0 Å². The predicted molar refractivity (Wildman–Crippen MR) is 42.3 cm³/mol. The number of ether oxygens (including phenoxy) is 2. The third-order valence-electron chi connectivity index (χ3n) is 1.32. The summed E-state index contributed by atoms with van der Waals surface area (Å²) in [7, 11) is 2.96. The Hall–Kier alpha value is -0.830. The maximum atomic E-state index is 10.9. The molecule has 0 rings (SSSR count). The highest BCUT2D eigenvalue weighted by atomic mass is 16.5. The molecule has 0 radical (unpaired) electrons. The van der Waals surface area contributed by atoms with Crippen LogP contribution in [0.5, 0.6) is 0 Å². The van der Waals surface area contributed by atoms with Gasteiger partial charge >= 0.3 is 5.97 Å². The van der Waals surface area contributed by atoms with Crippen molar-refractivity contribution in [1.29, 1.82) is 0 Å². The van der Waals surface area contributed by atoms with Gasteiger partial charge in [-0.2, -0.15) is 0 Å². The van der Waals surface area contributed by atoms with Gasteiger partial charge in [-0.25, -0.2) is 4.79 Å². The Morgan fingerprint density at radius 3 is 2.45 bits per heavy atom. The Bertz CT molecular complexity index is 149. The van der Waals surface area contributed by atoms with Crippen molar-refractivity contribution >= 4 is 5.97 Å². The molecule has 3 heteroatoms. The number of hydrogen-bond donors (Lipinski definition) is 0. The average Bonchev–Trinajstić information content (AvgIpc) is 2.05. The summed E-state index contributed by atoms with van der Waals surface area (Å²) in [5.41, 5.74) is 0.661. The first-order chi connectivity index (χ1) is 5.26. The molecule has 11 heavy (non-hydrogen) atoms. The van der Waals surface area contributed by atoms with E-state index in [9.17, 15) is 4.79 Å². The van der Waals surface area contributed by atoms with E-state index >= 15 is 0 Å². The van der Waals surface area contributed by atoms with E-state index in [-0.39, 0.29) is 5.97 Å². The van der Waals surface area contributed by atoms with Crippen LogP contribution in [0.2, 0.25) is 0 Å². The van der Waals surface area contributed by atoms with Crippen molar-refractivity contribution < 1.29 is 14.3 Å². The van der Waals surface area contributed by atoms with Crippen LogP contribution in [0.1, 0.15) is 13.3 Å². The zero-order valence-corrected chi connectivity index (χ0v) is 7.22. The molecule has 0 spiro atoms. The lowest BCUT2D eigenvalue weighted by Gasteiger charge is -2.00. The molecule has 0 N–H and O–H groups in total. The monoisotopic (exact) mass is 158 g/mol. The molecule has 0 aliphatic carbocycles. The third-order valence-corrected chi connectivity index (χ3v) is 1.32. The molecule has 0 aromatic carbocycles. The van der Waals surface area contributed by atoms with Gasteiger partial charge in [0.1, 0.15) is 0 Å². The molecular formula is C8H14O3. The van der Waals surface area contributed by atoms with Crippen molar-refractivity contribution in [1.82, 2.24) is 0 Å². The molecule has 0 aromatic heterocycles. The summed E-state index contributed by atoms with van der Waals surface area (Å²) in [6.07, 6.45) is 2.40. The first-order valence-electron chi connectivity index (χ1n) is 3.52. The Morgan fingerprint density at radius 2 is 2.09 bits per heavy atom. The largest absolute Gasteiger partial charge is 0.466 e. The van der Waals surface area contributed by atoms with Gasteiger partial charge in [-0.3, -0.25) is 0 Å². The maximum Gasteiger partial charge on any atom is 0.333 e. The van der Waals surface area contributed by atoms with Gasteiger partial charge in [0, 0.05) is 12.7 Å². The Balaban J connectivity index is 4.03. The normalized spacial score (nSPS) is 11.4. The summed E-state index contributed by atoms with van der Waals surface area (Å²) >= 11 is 0. The molecule has 0 fully saturated rings. The highest BCUT2D eigenvalue weighted by molar-refractivity contribution is 5.88. The number of carbonyl (C=O) groups is 1. The number of esters is 1. The first-order valence-corrected chi connectivity index (χ1v) is 3.52. The van der Waals surface area contributed by atoms with Crippen molar-refractivity contribution in [2.75, 3.05) is 20.8 Å². The van der Waals surface area contributed by atoms with Gasteiger partial charge < -0.3 is 9.47 Å². The summed E-state index contributed by atoms with van der Waals surface area (Å²) in [5, 5.41) is 0. The fourth-order valence-corrected chi connectivity index (χ4v) is 0.687. The Labute approximate surface area is 67.0 Å². The second kappa shape index (κ2) is 5.92. The lowest BCUT2D eigenvalue weighted by molar-refractivity contribution is -0.136. The van der Waals surface area contributed by atoms with Crippen LogP contribution in [0.4, 0.5) is 0 Å². The van der Waals surface area contributed by atoms with Crippen LogP contribution in [0.25, 0.3) is 0 Å². The topological polar surface area (TPSA) is 35.5 Å². The predicted octanol–water partition coefficient (Wildman–Crippen LogP) is 1.14. The maximum absolute atomic E-state index is 10.9. The third kappa shape index (κ3) is 3.78. The molecule has 0 aliphatic heterocycles. The quantitative estimate of drug-likeness (QED) is 0.454. The fourth-order valence-electron chi connectivity index (χ4n) is 0.687. The summed E-state index contributed by atoms with van der Waals surface area (Å²) < 4.78 is 9.32. The first kappa shape index (κ1) is 10.2. The van der Waals surface area contributed by atoms with E-state index in [0.717, 1.165) is 0 Å². The smallest absolute Gasteiger partial charge is 0.333 e. The number of carbonyl (C=O) groups excluding carboxylic acids is 1. The number of rotatable bonds is 4. The van der Waals surface area contributed by atoms with Crippen LogP contribution >= 0.6 is 0 Å². The van der Waals surface area contributed by atoms with E-state index < -0.39 is 0 Å². The second-order valence-corrected chi connectivity index (χ2v) is 2.03. The van der Waals surface area contributed by atoms with E-state index in [4.69, 9.17) is 4.74 Å². The van der Waals surface area contributed by atoms with Crippen LogP contribution in [-0.2, 0) is 14.3 Å². The molecule has 0 saturated carbocycles. The van der Waals surface area contributed by atoms with E-state index in [1.807, 2.05) is 6.92 Å². The molecule has 0 aliphatic rings. The van der Waals surface area contributed by atoms with Crippen LogP contribution < -0.4 is 0 Å². The van der Waals surface area contributed by atoms with E-state index in [1.165, 1.54) is 7.11 Å². The van der Waals surface area contributed by atoms with Crippen molar-refractivity contribution in [3.63, 3.8) is 0 Å². The highest BCUT2D eigenvalue weighted by Crippen LogP contribution is 2.01. The molecule has 64 valence electrons. The number of methoxy groups -OCH3 is 2. The average molecular weight is 158 g/mol. The van der Waals surface area contributed by atoms with Crippen molar-refractivity contribution in [2.45, 2.75) is 13.3 Å². The zero-order chi connectivity index (χ0) is 8.69. The van der Waals surface area contributed by atoms with Gasteiger partial charge in [0.05, 0.1) is 13.7 Å². The summed E-state index contributed by atoms with van der Waals surface area (Å²) in [6, 6.07) is 0. The standard InChI is InChI=1S/C8H14O3/c1-4-7(5-6-10-2)8(9)11-3/h5H,4,6H2,1-3H3. The van der Waals surface area contributed by atoms with Crippen LogP contribution in [0.3, 0.4) is 0 Å². The van der Waals surface area contributed by atoms with Crippen molar-refractivity contribution in [3.05, 3.63) is 11.6 Å². The zero-order valence-electron chi connectivity index (χ0n) is 7.22.